The minimum Gasteiger partial charge on any atom is -0.439 e. The normalized spacial score (nSPS) is 10.9. The van der Waals surface area contributed by atoms with E-state index < -0.39 is 0 Å². The second-order valence-corrected chi connectivity index (χ2v) is 6.76. The predicted molar refractivity (Wildman–Crippen MR) is 105 cm³/mol. The molecule has 7 heteroatoms. The van der Waals surface area contributed by atoms with Gasteiger partial charge in [-0.3, -0.25) is 9.78 Å². The number of nitrogens with one attached hydrogen (secondary N) is 1. The Morgan fingerprint density at radius 3 is 2.67 bits per heavy atom. The van der Waals surface area contributed by atoms with Crippen LogP contribution in [0.15, 0.2) is 65.3 Å². The number of oxazole rings is 1. The number of hydrogen-bond donors (Lipinski definition) is 1. The van der Waals surface area contributed by atoms with Crippen LogP contribution in [0.3, 0.4) is 0 Å². The molecule has 0 unspecified atom stereocenters. The van der Waals surface area contributed by atoms with Gasteiger partial charge in [0, 0.05) is 29.5 Å². The van der Waals surface area contributed by atoms with E-state index in [1.165, 1.54) is 6.20 Å². The molecule has 0 bridgehead atoms. The van der Waals surface area contributed by atoms with E-state index in [0.29, 0.717) is 44.7 Å². The summed E-state index contributed by atoms with van der Waals surface area (Å²) in [6.45, 7) is 0. The van der Waals surface area contributed by atoms with Crippen LogP contribution in [0.5, 0.6) is 0 Å². The Kier molecular flexibility index (Phi) is 4.79. The summed E-state index contributed by atoms with van der Waals surface area (Å²) in [4.78, 5) is 20.5. The molecule has 0 aliphatic rings. The second-order valence-electron chi connectivity index (χ2n) is 5.91. The van der Waals surface area contributed by atoms with Gasteiger partial charge < -0.3 is 9.73 Å². The number of halogens is 2. The number of anilines is 1. The van der Waals surface area contributed by atoms with Crippen LogP contribution in [0.4, 0.5) is 5.69 Å². The SMILES string of the molecule is O=C(Nc1ccc(Cc2nc3cc(Cl)cc(Cl)c3o2)cc1)c1cccnc1. The van der Waals surface area contributed by atoms with Crippen molar-refractivity contribution < 1.29 is 9.21 Å². The van der Waals surface area contributed by atoms with Crippen molar-refractivity contribution in [3.8, 4) is 0 Å². The maximum absolute atomic E-state index is 12.1. The minimum absolute atomic E-state index is 0.207. The highest BCUT2D eigenvalue weighted by atomic mass is 35.5. The molecule has 5 nitrogen and oxygen atoms in total. The first-order valence-electron chi connectivity index (χ1n) is 8.13. The fraction of sp³-hybridized carbons (Fsp3) is 0.0500. The number of hydrogen-bond acceptors (Lipinski definition) is 4. The van der Waals surface area contributed by atoms with Crippen LogP contribution in [-0.4, -0.2) is 15.9 Å². The molecule has 2 aromatic heterocycles. The molecule has 4 rings (SSSR count). The van der Waals surface area contributed by atoms with Gasteiger partial charge in [-0.15, -0.1) is 0 Å². The van der Waals surface area contributed by atoms with E-state index in [4.69, 9.17) is 27.6 Å². The van der Waals surface area contributed by atoms with Crippen molar-refractivity contribution in [1.82, 2.24) is 9.97 Å². The Morgan fingerprint density at radius 1 is 1.11 bits per heavy atom. The molecular weight excluding hydrogens is 385 g/mol. The summed E-state index contributed by atoms with van der Waals surface area (Å²) in [5.41, 5.74) is 3.34. The number of nitrogens with zero attached hydrogens (tertiary/aromatic N) is 2. The van der Waals surface area contributed by atoms with Crippen LogP contribution in [0.1, 0.15) is 21.8 Å². The van der Waals surface area contributed by atoms with Crippen molar-refractivity contribution in [2.45, 2.75) is 6.42 Å². The van der Waals surface area contributed by atoms with Crippen LogP contribution >= 0.6 is 23.2 Å². The fourth-order valence-corrected chi connectivity index (χ4v) is 3.18. The van der Waals surface area contributed by atoms with Crippen LogP contribution in [0.25, 0.3) is 11.1 Å². The van der Waals surface area contributed by atoms with Crippen LogP contribution in [0.2, 0.25) is 10.0 Å². The quantitative estimate of drug-likeness (QED) is 0.502. The van der Waals surface area contributed by atoms with Crippen molar-refractivity contribution in [1.29, 1.82) is 0 Å². The molecule has 0 radical (unpaired) electrons. The maximum atomic E-state index is 12.1. The number of pyridine rings is 1. The summed E-state index contributed by atoms with van der Waals surface area (Å²) in [7, 11) is 0. The standard InChI is InChI=1S/C20H13Cl2N3O2/c21-14-9-16(22)19-17(10-14)25-18(27-19)8-12-3-5-15(6-4-12)24-20(26)13-2-1-7-23-11-13/h1-7,9-11H,8H2,(H,24,26). The van der Waals surface area contributed by atoms with E-state index in [-0.39, 0.29) is 5.91 Å². The van der Waals surface area contributed by atoms with Gasteiger partial charge in [-0.2, -0.15) is 0 Å². The Balaban J connectivity index is 1.48. The second kappa shape index (κ2) is 7.39. The lowest BCUT2D eigenvalue weighted by Crippen LogP contribution is -2.11. The molecule has 0 spiro atoms. The van der Waals surface area contributed by atoms with Gasteiger partial charge in [0.1, 0.15) is 5.52 Å². The molecule has 4 aromatic rings. The summed E-state index contributed by atoms with van der Waals surface area (Å²) < 4.78 is 5.73. The maximum Gasteiger partial charge on any atom is 0.257 e. The lowest BCUT2D eigenvalue weighted by atomic mass is 10.1. The predicted octanol–water partition coefficient (Wildman–Crippen LogP) is 5.37. The lowest BCUT2D eigenvalue weighted by Gasteiger charge is -2.05. The van der Waals surface area contributed by atoms with E-state index in [9.17, 15) is 4.79 Å². The molecule has 0 saturated carbocycles. The third kappa shape index (κ3) is 3.94. The molecule has 1 N–H and O–H groups in total. The van der Waals surface area contributed by atoms with Crippen molar-refractivity contribution in [3.63, 3.8) is 0 Å². The van der Waals surface area contributed by atoms with Gasteiger partial charge in [0.2, 0.25) is 0 Å². The molecular formula is C20H13Cl2N3O2. The Hall–Kier alpha value is -2.89. The van der Waals surface area contributed by atoms with Gasteiger partial charge in [-0.05, 0) is 42.0 Å². The first-order chi connectivity index (χ1) is 13.1. The number of carbonyl (C=O) groups is 1. The average Bonchev–Trinajstić information content (AvgIpc) is 3.06. The highest BCUT2D eigenvalue weighted by molar-refractivity contribution is 6.37. The zero-order valence-corrected chi connectivity index (χ0v) is 15.5. The number of amides is 1. The third-order valence-electron chi connectivity index (χ3n) is 3.94. The van der Waals surface area contributed by atoms with E-state index in [1.807, 2.05) is 24.3 Å². The highest BCUT2D eigenvalue weighted by Crippen LogP contribution is 2.29. The van der Waals surface area contributed by atoms with Crippen LogP contribution in [-0.2, 0) is 6.42 Å². The zero-order valence-electron chi connectivity index (χ0n) is 13.9. The molecule has 0 aliphatic carbocycles. The summed E-state index contributed by atoms with van der Waals surface area (Å²) in [6.07, 6.45) is 3.65. The lowest BCUT2D eigenvalue weighted by molar-refractivity contribution is 0.102. The number of carbonyl (C=O) groups excluding carboxylic acids is 1. The molecule has 0 saturated heterocycles. The van der Waals surface area contributed by atoms with E-state index >= 15 is 0 Å². The molecule has 2 aromatic carbocycles. The topological polar surface area (TPSA) is 68.0 Å². The summed E-state index contributed by atoms with van der Waals surface area (Å²) in [5.74, 6) is 0.336. The fourth-order valence-electron chi connectivity index (χ4n) is 2.66. The molecule has 2 heterocycles. The van der Waals surface area contributed by atoms with Crippen LogP contribution in [0, 0.1) is 0 Å². The zero-order chi connectivity index (χ0) is 18.8. The molecule has 27 heavy (non-hydrogen) atoms. The number of benzene rings is 2. The Bertz CT molecular complexity index is 1110. The van der Waals surface area contributed by atoms with Crippen molar-refractivity contribution >= 4 is 45.9 Å². The van der Waals surface area contributed by atoms with Gasteiger partial charge in [0.25, 0.3) is 5.91 Å². The minimum atomic E-state index is -0.207. The first-order valence-corrected chi connectivity index (χ1v) is 8.89. The molecule has 134 valence electrons. The smallest absolute Gasteiger partial charge is 0.257 e. The van der Waals surface area contributed by atoms with E-state index in [0.717, 1.165) is 5.56 Å². The molecule has 1 amide bonds. The van der Waals surface area contributed by atoms with Gasteiger partial charge in [-0.25, -0.2) is 4.98 Å². The summed E-state index contributed by atoms with van der Waals surface area (Å²) >= 11 is 12.1. The molecule has 0 atom stereocenters. The average molecular weight is 398 g/mol. The first kappa shape index (κ1) is 17.5. The van der Waals surface area contributed by atoms with Gasteiger partial charge in [0.15, 0.2) is 11.5 Å². The Labute approximate surface area is 165 Å². The monoisotopic (exact) mass is 397 g/mol. The van der Waals surface area contributed by atoms with E-state index in [1.54, 1.807) is 30.5 Å². The van der Waals surface area contributed by atoms with Crippen molar-refractivity contribution in [2.24, 2.45) is 0 Å². The Morgan fingerprint density at radius 2 is 1.93 bits per heavy atom. The highest BCUT2D eigenvalue weighted by Gasteiger charge is 2.11. The molecule has 0 aliphatic heterocycles. The van der Waals surface area contributed by atoms with Crippen molar-refractivity contribution in [3.05, 3.63) is 88.0 Å². The summed E-state index contributed by atoms with van der Waals surface area (Å²) in [5, 5.41) is 3.78. The van der Waals surface area contributed by atoms with Gasteiger partial charge in [-0.1, -0.05) is 35.3 Å². The van der Waals surface area contributed by atoms with Gasteiger partial charge in [0.05, 0.1) is 10.6 Å². The van der Waals surface area contributed by atoms with Gasteiger partial charge >= 0.3 is 0 Å². The van der Waals surface area contributed by atoms with E-state index in [2.05, 4.69) is 15.3 Å². The number of aromatic nitrogens is 2. The third-order valence-corrected chi connectivity index (χ3v) is 4.44. The number of fused-ring (bicyclic) bond motifs is 1. The van der Waals surface area contributed by atoms with Crippen molar-refractivity contribution in [2.75, 3.05) is 5.32 Å². The molecule has 0 fully saturated rings. The van der Waals surface area contributed by atoms with Crippen LogP contribution < -0.4 is 5.32 Å². The largest absolute Gasteiger partial charge is 0.439 e. The number of rotatable bonds is 4. The summed E-state index contributed by atoms with van der Waals surface area (Å²) in [6, 6.07) is 14.2.